The van der Waals surface area contributed by atoms with Gasteiger partial charge in [0.1, 0.15) is 6.61 Å². The Bertz CT molecular complexity index is 276. The molecule has 112 valence electrons. The molecule has 0 aromatic heterocycles. The fourth-order valence-electron chi connectivity index (χ4n) is 2.44. The van der Waals surface area contributed by atoms with E-state index >= 15 is 0 Å². The summed E-state index contributed by atoms with van der Waals surface area (Å²) in [5.74, 6) is 0. The highest BCUT2D eigenvalue weighted by Crippen LogP contribution is 2.21. The average Bonchev–Trinajstić information content (AvgIpc) is 2.29. The third kappa shape index (κ3) is 7.57. The van der Waals surface area contributed by atoms with Crippen molar-refractivity contribution < 1.29 is 17.9 Å². The Morgan fingerprint density at radius 2 is 2.00 bits per heavy atom. The summed E-state index contributed by atoms with van der Waals surface area (Å²) < 4.78 is 40.6. The van der Waals surface area contributed by atoms with E-state index in [-0.39, 0.29) is 12.6 Å². The Labute approximate surface area is 113 Å². The Kier molecular flexibility index (Phi) is 7.46. The van der Waals surface area contributed by atoms with Gasteiger partial charge in [0.25, 0.3) is 0 Å². The zero-order valence-electron chi connectivity index (χ0n) is 11.6. The molecule has 2 nitrogen and oxygen atoms in total. The highest BCUT2D eigenvalue weighted by molar-refractivity contribution is 5.11. The zero-order chi connectivity index (χ0) is 14.1. The Balaban J connectivity index is 2.34. The summed E-state index contributed by atoms with van der Waals surface area (Å²) in [6.07, 6.45) is 5.66. The molecule has 0 saturated carbocycles. The number of hydrogen-bond acceptors (Lipinski definition) is 2. The van der Waals surface area contributed by atoms with Crippen LogP contribution in [0.15, 0.2) is 11.6 Å². The molecule has 1 aliphatic carbocycles. The van der Waals surface area contributed by atoms with Crippen LogP contribution in [0.25, 0.3) is 0 Å². The maximum Gasteiger partial charge on any atom is 0.411 e. The second-order valence-corrected chi connectivity index (χ2v) is 5.03. The third-order valence-corrected chi connectivity index (χ3v) is 3.44. The largest absolute Gasteiger partial charge is 0.411 e. The van der Waals surface area contributed by atoms with E-state index in [2.05, 4.69) is 16.1 Å². The Morgan fingerprint density at radius 3 is 2.68 bits per heavy atom. The van der Waals surface area contributed by atoms with Crippen molar-refractivity contribution in [2.24, 2.45) is 0 Å². The molecule has 0 spiro atoms. The SMILES string of the molecule is CNC(CCOCC(F)(F)F)C1=CCCCCCC1. The van der Waals surface area contributed by atoms with E-state index in [1.54, 1.807) is 0 Å². The second-order valence-electron chi connectivity index (χ2n) is 5.03. The lowest BCUT2D eigenvalue weighted by atomic mass is 9.93. The van der Waals surface area contributed by atoms with Gasteiger partial charge in [0, 0.05) is 12.6 Å². The zero-order valence-corrected chi connectivity index (χ0v) is 11.6. The molecular formula is C14H24F3NO. The van der Waals surface area contributed by atoms with Gasteiger partial charge in [-0.3, -0.25) is 0 Å². The number of alkyl halides is 3. The molecule has 0 saturated heterocycles. The first-order valence-electron chi connectivity index (χ1n) is 7.03. The minimum atomic E-state index is -4.23. The van der Waals surface area contributed by atoms with Crippen molar-refractivity contribution in [3.8, 4) is 0 Å². The third-order valence-electron chi connectivity index (χ3n) is 3.44. The van der Waals surface area contributed by atoms with Crippen LogP contribution in [-0.4, -0.2) is 32.5 Å². The molecular weight excluding hydrogens is 255 g/mol. The van der Waals surface area contributed by atoms with Gasteiger partial charge in [-0.1, -0.05) is 24.5 Å². The molecule has 1 aliphatic rings. The minimum absolute atomic E-state index is 0.141. The van der Waals surface area contributed by atoms with Crippen molar-refractivity contribution in [2.45, 2.75) is 57.2 Å². The van der Waals surface area contributed by atoms with Gasteiger partial charge in [-0.05, 0) is 39.2 Å². The molecule has 0 radical (unpaired) electrons. The average molecular weight is 279 g/mol. The summed E-state index contributed by atoms with van der Waals surface area (Å²) in [6, 6.07) is 0.145. The monoisotopic (exact) mass is 279 g/mol. The lowest BCUT2D eigenvalue weighted by molar-refractivity contribution is -0.174. The first kappa shape index (κ1) is 16.5. The Hall–Kier alpha value is -0.550. The van der Waals surface area contributed by atoms with Crippen molar-refractivity contribution >= 4 is 0 Å². The smallest absolute Gasteiger partial charge is 0.372 e. The van der Waals surface area contributed by atoms with Crippen LogP contribution < -0.4 is 5.32 Å². The standard InChI is InChI=1S/C14H24F3NO/c1-18-13(9-10-19-11-14(15,16)17)12-7-5-3-2-4-6-8-12/h7,13,18H,2-6,8-11H2,1H3. The molecule has 1 atom stereocenters. The van der Waals surface area contributed by atoms with Gasteiger partial charge >= 0.3 is 6.18 Å². The molecule has 0 aromatic rings. The molecule has 0 amide bonds. The van der Waals surface area contributed by atoms with E-state index in [0.717, 1.165) is 12.8 Å². The van der Waals surface area contributed by atoms with Crippen LogP contribution in [0.4, 0.5) is 13.2 Å². The fourth-order valence-corrected chi connectivity index (χ4v) is 2.44. The second kappa shape index (κ2) is 8.59. The number of likely N-dealkylation sites (N-methyl/N-ethyl adjacent to an activating group) is 1. The molecule has 0 aliphatic heterocycles. The normalized spacial score (nSPS) is 19.5. The van der Waals surface area contributed by atoms with Crippen molar-refractivity contribution in [3.63, 3.8) is 0 Å². The van der Waals surface area contributed by atoms with Crippen LogP contribution in [0.5, 0.6) is 0 Å². The maximum atomic E-state index is 12.0. The number of nitrogens with one attached hydrogen (secondary N) is 1. The van der Waals surface area contributed by atoms with Gasteiger partial charge in [-0.2, -0.15) is 13.2 Å². The van der Waals surface area contributed by atoms with Crippen molar-refractivity contribution in [1.82, 2.24) is 5.32 Å². The molecule has 1 N–H and O–H groups in total. The summed E-state index contributed by atoms with van der Waals surface area (Å²) in [5, 5.41) is 3.19. The molecule has 1 rings (SSSR count). The summed E-state index contributed by atoms with van der Waals surface area (Å²) in [7, 11) is 1.86. The van der Waals surface area contributed by atoms with Gasteiger partial charge < -0.3 is 10.1 Å². The van der Waals surface area contributed by atoms with E-state index in [1.165, 1.54) is 31.3 Å². The van der Waals surface area contributed by atoms with Crippen molar-refractivity contribution in [3.05, 3.63) is 11.6 Å². The predicted octanol–water partition coefficient (Wildman–Crippen LogP) is 3.82. The molecule has 5 heteroatoms. The van der Waals surface area contributed by atoms with E-state index in [9.17, 15) is 13.2 Å². The molecule has 0 heterocycles. The summed E-state index contributed by atoms with van der Waals surface area (Å²) >= 11 is 0. The number of hydrogen-bond donors (Lipinski definition) is 1. The van der Waals surface area contributed by atoms with Crippen molar-refractivity contribution in [1.29, 1.82) is 0 Å². The quantitative estimate of drug-likeness (QED) is 0.589. The Morgan fingerprint density at radius 1 is 1.26 bits per heavy atom. The van der Waals surface area contributed by atoms with Crippen LogP contribution in [0.1, 0.15) is 44.9 Å². The number of ether oxygens (including phenoxy) is 1. The lowest BCUT2D eigenvalue weighted by Gasteiger charge is -2.22. The molecule has 0 fully saturated rings. The van der Waals surface area contributed by atoms with Gasteiger partial charge in [0.05, 0.1) is 0 Å². The molecule has 0 bridgehead atoms. The first-order valence-corrected chi connectivity index (χ1v) is 7.03. The van der Waals surface area contributed by atoms with E-state index in [4.69, 9.17) is 0 Å². The highest BCUT2D eigenvalue weighted by atomic mass is 19.4. The van der Waals surface area contributed by atoms with Crippen LogP contribution in [0, 0.1) is 0 Å². The van der Waals surface area contributed by atoms with Gasteiger partial charge in [0.15, 0.2) is 0 Å². The molecule has 1 unspecified atom stereocenters. The van der Waals surface area contributed by atoms with Gasteiger partial charge in [-0.15, -0.1) is 0 Å². The minimum Gasteiger partial charge on any atom is -0.372 e. The molecule has 0 aromatic carbocycles. The van der Waals surface area contributed by atoms with Gasteiger partial charge in [-0.25, -0.2) is 0 Å². The highest BCUT2D eigenvalue weighted by Gasteiger charge is 2.27. The summed E-state index contributed by atoms with van der Waals surface area (Å²) in [6.45, 7) is -1.01. The van der Waals surface area contributed by atoms with Crippen LogP contribution in [0.2, 0.25) is 0 Å². The van der Waals surface area contributed by atoms with Crippen molar-refractivity contribution in [2.75, 3.05) is 20.3 Å². The van der Waals surface area contributed by atoms with E-state index in [0.29, 0.717) is 6.42 Å². The van der Waals surface area contributed by atoms with Crippen LogP contribution in [0.3, 0.4) is 0 Å². The topological polar surface area (TPSA) is 21.3 Å². The first-order chi connectivity index (χ1) is 9.03. The maximum absolute atomic E-state index is 12.0. The van der Waals surface area contributed by atoms with Crippen LogP contribution in [-0.2, 0) is 4.74 Å². The lowest BCUT2D eigenvalue weighted by Crippen LogP contribution is -2.30. The number of halogens is 3. The number of rotatable bonds is 6. The van der Waals surface area contributed by atoms with E-state index in [1.807, 2.05) is 7.05 Å². The summed E-state index contributed by atoms with van der Waals surface area (Å²) in [4.78, 5) is 0. The van der Waals surface area contributed by atoms with Crippen LogP contribution >= 0.6 is 0 Å². The van der Waals surface area contributed by atoms with Gasteiger partial charge in [0.2, 0.25) is 0 Å². The van der Waals surface area contributed by atoms with E-state index < -0.39 is 12.8 Å². The molecule has 19 heavy (non-hydrogen) atoms. The summed E-state index contributed by atoms with van der Waals surface area (Å²) in [5.41, 5.74) is 1.33. The number of allylic oxidation sites excluding steroid dienone is 1. The predicted molar refractivity (Wildman–Crippen MR) is 70.1 cm³/mol. The fraction of sp³-hybridized carbons (Fsp3) is 0.857.